The van der Waals surface area contributed by atoms with Crippen LogP contribution in [0.1, 0.15) is 19.3 Å². The molecular weight excluding hydrogens is 376 g/mol. The maximum absolute atomic E-state index is 12.4. The van der Waals surface area contributed by atoms with Crippen LogP contribution in [0.3, 0.4) is 0 Å². The van der Waals surface area contributed by atoms with E-state index in [1.807, 2.05) is 12.1 Å². The van der Waals surface area contributed by atoms with Gasteiger partial charge in [0.15, 0.2) is 0 Å². The van der Waals surface area contributed by atoms with Gasteiger partial charge >= 0.3 is 0 Å². The van der Waals surface area contributed by atoms with E-state index in [1.54, 1.807) is 59.7 Å². The smallest absolute Gasteiger partial charge is 0.266 e. The highest BCUT2D eigenvalue weighted by Gasteiger charge is 2.14. The molecular formula is C19H14N6O2S. The molecule has 3 heterocycles. The molecule has 3 aromatic heterocycles. The zero-order valence-corrected chi connectivity index (χ0v) is 15.3. The highest BCUT2D eigenvalue weighted by Crippen LogP contribution is 2.20. The van der Waals surface area contributed by atoms with Crippen LogP contribution in [-0.4, -0.2) is 31.6 Å². The maximum atomic E-state index is 12.4. The van der Waals surface area contributed by atoms with Gasteiger partial charge < -0.3 is 10.6 Å². The topological polar surface area (TPSA) is 102 Å². The second-order valence-corrected chi connectivity index (χ2v) is 6.76. The number of amides is 2. The van der Waals surface area contributed by atoms with Crippen LogP contribution < -0.4 is 10.6 Å². The molecule has 0 saturated carbocycles. The monoisotopic (exact) mass is 390 g/mol. The fourth-order valence-corrected chi connectivity index (χ4v) is 3.22. The van der Waals surface area contributed by atoms with E-state index in [9.17, 15) is 9.59 Å². The summed E-state index contributed by atoms with van der Waals surface area (Å²) in [5, 5.41) is 9.56. The predicted molar refractivity (Wildman–Crippen MR) is 106 cm³/mol. The van der Waals surface area contributed by atoms with Gasteiger partial charge in [0.05, 0.1) is 15.4 Å². The van der Waals surface area contributed by atoms with Gasteiger partial charge in [-0.25, -0.2) is 14.6 Å². The number of rotatable bonds is 5. The summed E-state index contributed by atoms with van der Waals surface area (Å²) >= 11 is 1.11. The number of pyridine rings is 1. The average molecular weight is 390 g/mol. The lowest BCUT2D eigenvalue weighted by atomic mass is 10.2. The summed E-state index contributed by atoms with van der Waals surface area (Å²) in [6.45, 7) is 0. The number of hydrogen-bond donors (Lipinski definition) is 2. The zero-order chi connectivity index (χ0) is 19.3. The quantitative estimate of drug-likeness (QED) is 0.545. The Morgan fingerprint density at radius 2 is 1.64 bits per heavy atom. The Morgan fingerprint density at radius 1 is 0.893 bits per heavy atom. The number of hydrogen-bond acceptors (Lipinski definition) is 6. The fourth-order valence-electron chi connectivity index (χ4n) is 2.43. The maximum Gasteiger partial charge on any atom is 0.266 e. The highest BCUT2D eigenvalue weighted by molar-refractivity contribution is 7.16. The molecule has 1 aromatic carbocycles. The van der Waals surface area contributed by atoms with Crippen molar-refractivity contribution in [3.63, 3.8) is 0 Å². The van der Waals surface area contributed by atoms with E-state index in [4.69, 9.17) is 0 Å². The molecule has 2 N–H and O–H groups in total. The van der Waals surface area contributed by atoms with Gasteiger partial charge in [0.1, 0.15) is 18.5 Å². The van der Waals surface area contributed by atoms with Gasteiger partial charge in [-0.15, -0.1) is 11.3 Å². The van der Waals surface area contributed by atoms with Gasteiger partial charge in [0, 0.05) is 11.9 Å². The molecule has 0 fully saturated rings. The average Bonchev–Trinajstić information content (AvgIpc) is 3.42. The third kappa shape index (κ3) is 3.94. The lowest BCUT2D eigenvalue weighted by molar-refractivity contribution is 0.102. The van der Waals surface area contributed by atoms with Gasteiger partial charge in [-0.05, 0) is 48.5 Å². The standard InChI is InChI=1S/C19H14N6O2S/c26-18(23-13-4-6-14(7-5-13)25-12-20-11-22-25)15-8-9-16(28-15)19(27)24-17-3-1-2-10-21-17/h1-12H,(H,23,26)(H,21,24,27). The molecule has 0 radical (unpaired) electrons. The van der Waals surface area contributed by atoms with Crippen LogP contribution in [0.5, 0.6) is 0 Å². The molecule has 0 bridgehead atoms. The molecule has 0 unspecified atom stereocenters. The number of benzene rings is 1. The molecule has 2 amide bonds. The molecule has 28 heavy (non-hydrogen) atoms. The van der Waals surface area contributed by atoms with E-state index in [0.717, 1.165) is 17.0 Å². The number of carbonyl (C=O) groups is 2. The Bertz CT molecular complexity index is 1090. The molecule has 0 spiro atoms. The van der Waals surface area contributed by atoms with Gasteiger partial charge in [-0.3, -0.25) is 9.59 Å². The van der Waals surface area contributed by atoms with E-state index in [2.05, 4.69) is 25.7 Å². The molecule has 138 valence electrons. The first-order valence-corrected chi connectivity index (χ1v) is 9.09. The van der Waals surface area contributed by atoms with Crippen molar-refractivity contribution >= 4 is 34.7 Å². The Hall–Kier alpha value is -3.85. The van der Waals surface area contributed by atoms with Crippen molar-refractivity contribution in [3.8, 4) is 5.69 Å². The largest absolute Gasteiger partial charge is 0.321 e. The predicted octanol–water partition coefficient (Wildman–Crippen LogP) is 3.23. The number of carbonyl (C=O) groups excluding carboxylic acids is 2. The Morgan fingerprint density at radius 3 is 2.29 bits per heavy atom. The van der Waals surface area contributed by atoms with Crippen molar-refractivity contribution in [1.29, 1.82) is 0 Å². The van der Waals surface area contributed by atoms with Crippen LogP contribution in [-0.2, 0) is 0 Å². The van der Waals surface area contributed by atoms with Gasteiger partial charge in [0.2, 0.25) is 0 Å². The van der Waals surface area contributed by atoms with Crippen LogP contribution in [0, 0.1) is 0 Å². The number of nitrogens with zero attached hydrogens (tertiary/aromatic N) is 4. The Labute approximate surface area is 163 Å². The van der Waals surface area contributed by atoms with Gasteiger partial charge in [-0.1, -0.05) is 6.07 Å². The zero-order valence-electron chi connectivity index (χ0n) is 14.4. The van der Waals surface area contributed by atoms with Crippen LogP contribution in [0.15, 0.2) is 73.4 Å². The van der Waals surface area contributed by atoms with Crippen LogP contribution >= 0.6 is 11.3 Å². The van der Waals surface area contributed by atoms with Crippen LogP contribution in [0.25, 0.3) is 5.69 Å². The summed E-state index contributed by atoms with van der Waals surface area (Å²) in [5.41, 5.74) is 1.47. The molecule has 0 aliphatic heterocycles. The van der Waals surface area contributed by atoms with E-state index in [1.165, 1.54) is 6.33 Å². The summed E-state index contributed by atoms with van der Waals surface area (Å²) in [5.74, 6) is -0.130. The minimum absolute atomic E-state index is 0.282. The third-order valence-corrected chi connectivity index (χ3v) is 4.85. The first kappa shape index (κ1) is 17.6. The van der Waals surface area contributed by atoms with E-state index in [-0.39, 0.29) is 11.8 Å². The van der Waals surface area contributed by atoms with Crippen LogP contribution in [0.4, 0.5) is 11.5 Å². The van der Waals surface area contributed by atoms with E-state index in [0.29, 0.717) is 21.3 Å². The fraction of sp³-hybridized carbons (Fsp3) is 0. The van der Waals surface area contributed by atoms with Gasteiger partial charge in [-0.2, -0.15) is 5.10 Å². The first-order chi connectivity index (χ1) is 13.7. The van der Waals surface area contributed by atoms with E-state index < -0.39 is 0 Å². The van der Waals surface area contributed by atoms with Crippen molar-refractivity contribution in [2.24, 2.45) is 0 Å². The number of thiophene rings is 1. The minimum Gasteiger partial charge on any atom is -0.321 e. The lowest BCUT2D eigenvalue weighted by Crippen LogP contribution is -2.11. The second kappa shape index (κ2) is 7.80. The van der Waals surface area contributed by atoms with Crippen LogP contribution in [0.2, 0.25) is 0 Å². The molecule has 0 atom stereocenters. The molecule has 0 saturated heterocycles. The SMILES string of the molecule is O=C(Nc1ccc(-n2cncn2)cc1)c1ccc(C(=O)Nc2ccccn2)s1. The highest BCUT2D eigenvalue weighted by atomic mass is 32.1. The second-order valence-electron chi connectivity index (χ2n) is 5.67. The van der Waals surface area contributed by atoms with Crippen molar-refractivity contribution in [1.82, 2.24) is 19.7 Å². The third-order valence-electron chi connectivity index (χ3n) is 3.77. The molecule has 4 aromatic rings. The van der Waals surface area contributed by atoms with E-state index >= 15 is 0 Å². The van der Waals surface area contributed by atoms with Crippen molar-refractivity contribution in [3.05, 3.63) is 83.2 Å². The first-order valence-electron chi connectivity index (χ1n) is 8.28. The summed E-state index contributed by atoms with van der Waals surface area (Å²) in [4.78, 5) is 33.5. The molecule has 4 rings (SSSR count). The van der Waals surface area contributed by atoms with Crippen molar-refractivity contribution in [2.75, 3.05) is 10.6 Å². The number of nitrogens with one attached hydrogen (secondary N) is 2. The normalized spacial score (nSPS) is 10.4. The minimum atomic E-state index is -0.306. The van der Waals surface area contributed by atoms with Gasteiger partial charge in [0.25, 0.3) is 11.8 Å². The summed E-state index contributed by atoms with van der Waals surface area (Å²) in [7, 11) is 0. The van der Waals surface area contributed by atoms with Crippen molar-refractivity contribution in [2.45, 2.75) is 0 Å². The number of anilines is 2. The summed E-state index contributed by atoms with van der Waals surface area (Å²) in [6, 6.07) is 15.7. The summed E-state index contributed by atoms with van der Waals surface area (Å²) < 4.78 is 1.62. The Balaban J connectivity index is 1.41. The molecule has 0 aliphatic carbocycles. The van der Waals surface area contributed by atoms with Crippen molar-refractivity contribution < 1.29 is 9.59 Å². The number of aromatic nitrogens is 4. The molecule has 8 nitrogen and oxygen atoms in total. The lowest BCUT2D eigenvalue weighted by Gasteiger charge is -2.05. The molecule has 9 heteroatoms. The summed E-state index contributed by atoms with van der Waals surface area (Å²) in [6.07, 6.45) is 4.64. The Kier molecular flexibility index (Phi) is 4.89. The molecule has 0 aliphatic rings.